The molecule has 158 valence electrons. The number of aromatic nitrogens is 1. The molecule has 0 radical (unpaired) electrons. The summed E-state index contributed by atoms with van der Waals surface area (Å²) in [5.74, 6) is -0.832. The van der Waals surface area contributed by atoms with E-state index in [1.807, 2.05) is 56.3 Å². The van der Waals surface area contributed by atoms with Gasteiger partial charge < -0.3 is 4.74 Å². The van der Waals surface area contributed by atoms with Gasteiger partial charge >= 0.3 is 5.97 Å². The quantitative estimate of drug-likeness (QED) is 0.323. The molecule has 3 aromatic rings. The highest BCUT2D eigenvalue weighted by Crippen LogP contribution is 2.19. The number of carbonyl (C=O) groups excluding carboxylic acids is 2. The van der Waals surface area contributed by atoms with E-state index in [0.29, 0.717) is 22.0 Å². The Morgan fingerprint density at radius 3 is 2.35 bits per heavy atom. The Morgan fingerprint density at radius 2 is 1.68 bits per heavy atom. The van der Waals surface area contributed by atoms with E-state index in [1.165, 1.54) is 0 Å². The highest BCUT2D eigenvalue weighted by molar-refractivity contribution is 6.30. The molecule has 0 aliphatic carbocycles. The van der Waals surface area contributed by atoms with E-state index < -0.39 is 5.92 Å². The molecule has 0 aliphatic heterocycles. The molecule has 0 saturated carbocycles. The lowest BCUT2D eigenvalue weighted by Crippen LogP contribution is -2.21. The van der Waals surface area contributed by atoms with Crippen molar-refractivity contribution >= 4 is 29.4 Å². The molecular weight excluding hydrogens is 410 g/mol. The van der Waals surface area contributed by atoms with Crippen molar-refractivity contribution in [3.8, 4) is 0 Å². The SMILES string of the molecule is CC(C)C(C=Cc1ccc(Cl)cc1)C(=O)OCc1cccc(C(=O)c2ccccc2)n1. The monoisotopic (exact) mass is 433 g/mol. The van der Waals surface area contributed by atoms with Crippen LogP contribution in [0.4, 0.5) is 0 Å². The third-order valence-electron chi connectivity index (χ3n) is 4.79. The van der Waals surface area contributed by atoms with Crippen LogP contribution in [0.2, 0.25) is 5.02 Å². The van der Waals surface area contributed by atoms with Crippen molar-refractivity contribution in [2.24, 2.45) is 11.8 Å². The number of nitrogens with zero attached hydrogens (tertiary/aromatic N) is 1. The minimum Gasteiger partial charge on any atom is -0.459 e. The first-order valence-electron chi connectivity index (χ1n) is 10.1. The number of pyridine rings is 1. The van der Waals surface area contributed by atoms with Crippen LogP contribution < -0.4 is 0 Å². The van der Waals surface area contributed by atoms with E-state index in [-0.39, 0.29) is 24.3 Å². The van der Waals surface area contributed by atoms with E-state index >= 15 is 0 Å². The fraction of sp³-hybridized carbons (Fsp3) is 0.192. The molecule has 1 heterocycles. The van der Waals surface area contributed by atoms with Crippen LogP contribution in [-0.4, -0.2) is 16.7 Å². The van der Waals surface area contributed by atoms with E-state index in [9.17, 15) is 9.59 Å². The summed E-state index contributed by atoms with van der Waals surface area (Å²) in [4.78, 5) is 29.6. The molecule has 1 atom stereocenters. The second kappa shape index (κ2) is 10.7. The molecule has 0 N–H and O–H groups in total. The lowest BCUT2D eigenvalue weighted by Gasteiger charge is -2.16. The zero-order valence-corrected chi connectivity index (χ0v) is 18.3. The van der Waals surface area contributed by atoms with Gasteiger partial charge in [-0.05, 0) is 35.7 Å². The molecule has 0 saturated heterocycles. The topological polar surface area (TPSA) is 56.3 Å². The van der Waals surface area contributed by atoms with E-state index in [4.69, 9.17) is 16.3 Å². The normalized spacial score (nSPS) is 12.1. The summed E-state index contributed by atoms with van der Waals surface area (Å²) in [5.41, 5.74) is 2.37. The van der Waals surface area contributed by atoms with Gasteiger partial charge in [-0.25, -0.2) is 4.98 Å². The number of hydrogen-bond acceptors (Lipinski definition) is 4. The summed E-state index contributed by atoms with van der Waals surface area (Å²) in [6.45, 7) is 3.94. The summed E-state index contributed by atoms with van der Waals surface area (Å²) in [7, 11) is 0. The maximum Gasteiger partial charge on any atom is 0.313 e. The number of hydrogen-bond donors (Lipinski definition) is 0. The molecule has 31 heavy (non-hydrogen) atoms. The molecule has 0 fully saturated rings. The largest absolute Gasteiger partial charge is 0.459 e. The van der Waals surface area contributed by atoms with Crippen LogP contribution in [0.25, 0.3) is 6.08 Å². The Balaban J connectivity index is 1.65. The maximum absolute atomic E-state index is 12.7. The number of esters is 1. The van der Waals surface area contributed by atoms with E-state index in [2.05, 4.69) is 4.98 Å². The maximum atomic E-state index is 12.7. The third-order valence-corrected chi connectivity index (χ3v) is 5.05. The number of halogens is 1. The zero-order valence-electron chi connectivity index (χ0n) is 17.5. The Labute approximate surface area is 187 Å². The molecule has 1 aromatic heterocycles. The minimum atomic E-state index is -0.398. The molecule has 0 amide bonds. The van der Waals surface area contributed by atoms with Crippen LogP contribution in [0.15, 0.2) is 78.9 Å². The van der Waals surface area contributed by atoms with Crippen LogP contribution in [-0.2, 0) is 16.1 Å². The number of ether oxygens (including phenoxy) is 1. The summed E-state index contributed by atoms with van der Waals surface area (Å²) < 4.78 is 5.51. The second-order valence-corrected chi connectivity index (χ2v) is 7.93. The van der Waals surface area contributed by atoms with Gasteiger partial charge in [0.05, 0.1) is 11.6 Å². The van der Waals surface area contributed by atoms with Gasteiger partial charge in [-0.3, -0.25) is 9.59 Å². The average Bonchev–Trinajstić information content (AvgIpc) is 2.79. The first kappa shape index (κ1) is 22.4. The van der Waals surface area contributed by atoms with Crippen molar-refractivity contribution in [2.75, 3.05) is 0 Å². The number of ketones is 1. The second-order valence-electron chi connectivity index (χ2n) is 7.50. The lowest BCUT2D eigenvalue weighted by atomic mass is 9.95. The highest BCUT2D eigenvalue weighted by atomic mass is 35.5. The highest BCUT2D eigenvalue weighted by Gasteiger charge is 2.21. The smallest absolute Gasteiger partial charge is 0.313 e. The first-order valence-corrected chi connectivity index (χ1v) is 10.5. The van der Waals surface area contributed by atoms with Gasteiger partial charge in [0.15, 0.2) is 0 Å². The molecule has 0 bridgehead atoms. The zero-order chi connectivity index (χ0) is 22.2. The predicted octanol–water partition coefficient (Wildman–Crippen LogP) is 5.99. The van der Waals surface area contributed by atoms with Crippen LogP contribution in [0.1, 0.15) is 41.2 Å². The summed E-state index contributed by atoms with van der Waals surface area (Å²) in [6.07, 6.45) is 3.73. The average molecular weight is 434 g/mol. The fourth-order valence-electron chi connectivity index (χ4n) is 3.03. The first-order chi connectivity index (χ1) is 14.9. The summed E-state index contributed by atoms with van der Waals surface area (Å²) >= 11 is 5.91. The van der Waals surface area contributed by atoms with Crippen molar-refractivity contribution < 1.29 is 14.3 Å². The van der Waals surface area contributed by atoms with Gasteiger partial charge in [0.1, 0.15) is 12.3 Å². The molecule has 2 aromatic carbocycles. The van der Waals surface area contributed by atoms with Gasteiger partial charge in [0.25, 0.3) is 0 Å². The van der Waals surface area contributed by atoms with Gasteiger partial charge in [-0.1, -0.05) is 86.1 Å². The van der Waals surface area contributed by atoms with Crippen LogP contribution in [0.5, 0.6) is 0 Å². The van der Waals surface area contributed by atoms with E-state index in [0.717, 1.165) is 5.56 Å². The van der Waals surface area contributed by atoms with Crippen LogP contribution in [0.3, 0.4) is 0 Å². The lowest BCUT2D eigenvalue weighted by molar-refractivity contribution is -0.149. The molecule has 4 nitrogen and oxygen atoms in total. The minimum absolute atomic E-state index is 0.00669. The van der Waals surface area contributed by atoms with Crippen LogP contribution >= 0.6 is 11.6 Å². The van der Waals surface area contributed by atoms with E-state index in [1.54, 1.807) is 42.5 Å². The Bertz CT molecular complexity index is 1060. The Kier molecular flexibility index (Phi) is 7.74. The van der Waals surface area contributed by atoms with Gasteiger partial charge in [-0.15, -0.1) is 0 Å². The number of benzene rings is 2. The number of rotatable bonds is 8. The van der Waals surface area contributed by atoms with Crippen molar-refractivity contribution in [2.45, 2.75) is 20.5 Å². The van der Waals surface area contributed by atoms with Gasteiger partial charge in [-0.2, -0.15) is 0 Å². The third kappa shape index (κ3) is 6.37. The van der Waals surface area contributed by atoms with Crippen molar-refractivity contribution in [3.63, 3.8) is 0 Å². The standard InChI is InChI=1S/C26H24ClNO3/c1-18(2)23(16-13-19-11-14-21(27)15-12-19)26(30)31-17-22-9-6-10-24(28-22)25(29)20-7-4-3-5-8-20/h3-16,18,23H,17H2,1-2H3. The van der Waals surface area contributed by atoms with Crippen molar-refractivity contribution in [1.29, 1.82) is 0 Å². The Hall–Kier alpha value is -3.24. The molecular formula is C26H24ClNO3. The Morgan fingerprint density at radius 1 is 0.968 bits per heavy atom. The summed E-state index contributed by atoms with van der Waals surface area (Å²) in [6, 6.07) is 21.5. The predicted molar refractivity (Wildman–Crippen MR) is 123 cm³/mol. The molecule has 5 heteroatoms. The van der Waals surface area contributed by atoms with Crippen molar-refractivity contribution in [3.05, 3.63) is 106 Å². The van der Waals surface area contributed by atoms with Crippen LogP contribution in [0, 0.1) is 11.8 Å². The molecule has 1 unspecified atom stereocenters. The molecule has 3 rings (SSSR count). The summed E-state index contributed by atoms with van der Waals surface area (Å²) in [5, 5.41) is 0.664. The van der Waals surface area contributed by atoms with Gasteiger partial charge in [0, 0.05) is 10.6 Å². The fourth-order valence-corrected chi connectivity index (χ4v) is 3.15. The van der Waals surface area contributed by atoms with Crippen molar-refractivity contribution in [1.82, 2.24) is 4.98 Å². The van der Waals surface area contributed by atoms with Gasteiger partial charge in [0.2, 0.25) is 5.78 Å². The molecule has 0 aliphatic rings. The molecule has 0 spiro atoms. The number of carbonyl (C=O) groups is 2.